The predicted octanol–water partition coefficient (Wildman–Crippen LogP) is 3.34. The summed E-state index contributed by atoms with van der Waals surface area (Å²) in [6.07, 6.45) is 0. The highest BCUT2D eigenvalue weighted by atomic mass is 16.5. The Kier molecular flexibility index (Phi) is 6.86. The highest BCUT2D eigenvalue weighted by Gasteiger charge is 2.17. The number of rotatable bonds is 8. The van der Waals surface area contributed by atoms with Gasteiger partial charge in [-0.1, -0.05) is 30.3 Å². The van der Waals surface area contributed by atoms with E-state index in [0.717, 1.165) is 5.56 Å². The molecule has 2 rings (SSSR count). The van der Waals surface area contributed by atoms with Gasteiger partial charge in [0.15, 0.2) is 11.5 Å². The summed E-state index contributed by atoms with van der Waals surface area (Å²) in [5.74, 6) is 1.36. The molecule has 2 aromatic rings. The van der Waals surface area contributed by atoms with E-state index in [1.54, 1.807) is 19.2 Å². The summed E-state index contributed by atoms with van der Waals surface area (Å²) in [6.45, 7) is 2.33. The molecule has 0 saturated carbocycles. The lowest BCUT2D eigenvalue weighted by atomic mass is 10.1. The molecule has 0 fully saturated rings. The van der Waals surface area contributed by atoms with Crippen molar-refractivity contribution in [3.63, 3.8) is 0 Å². The summed E-state index contributed by atoms with van der Waals surface area (Å²) in [5, 5.41) is 2.88. The maximum atomic E-state index is 12.4. The molecule has 0 heterocycles. The smallest absolute Gasteiger partial charge is 0.238 e. The molecule has 26 heavy (non-hydrogen) atoms. The Labute approximate surface area is 154 Å². The number of ether oxygens (including phenoxy) is 3. The van der Waals surface area contributed by atoms with Gasteiger partial charge in [0.1, 0.15) is 0 Å². The van der Waals surface area contributed by atoms with Crippen LogP contribution in [0.25, 0.3) is 0 Å². The second kappa shape index (κ2) is 9.10. The van der Waals surface area contributed by atoms with Gasteiger partial charge in [-0.2, -0.15) is 0 Å². The van der Waals surface area contributed by atoms with E-state index in [1.807, 2.05) is 30.1 Å². The Balaban J connectivity index is 2.07. The van der Waals surface area contributed by atoms with Crippen molar-refractivity contribution >= 4 is 11.6 Å². The lowest BCUT2D eigenvalue weighted by Gasteiger charge is -2.24. The lowest BCUT2D eigenvalue weighted by Crippen LogP contribution is -2.32. The average Bonchev–Trinajstić information content (AvgIpc) is 2.66. The van der Waals surface area contributed by atoms with Crippen LogP contribution in [0.1, 0.15) is 18.5 Å². The Morgan fingerprint density at radius 1 is 1.04 bits per heavy atom. The number of nitrogens with one attached hydrogen (secondary N) is 1. The van der Waals surface area contributed by atoms with E-state index >= 15 is 0 Å². The molecule has 0 radical (unpaired) electrons. The van der Waals surface area contributed by atoms with Crippen LogP contribution in [0.2, 0.25) is 0 Å². The SMILES string of the molecule is COc1cc(NC(=O)CN(C)C(C)c2ccccc2)cc(OC)c1OC. The monoisotopic (exact) mass is 358 g/mol. The first-order valence-electron chi connectivity index (χ1n) is 8.35. The van der Waals surface area contributed by atoms with Crippen molar-refractivity contribution in [2.45, 2.75) is 13.0 Å². The molecule has 1 atom stereocenters. The predicted molar refractivity (Wildman–Crippen MR) is 102 cm³/mol. The molecule has 1 amide bonds. The summed E-state index contributed by atoms with van der Waals surface area (Å²) in [7, 11) is 6.54. The number of anilines is 1. The first-order valence-corrected chi connectivity index (χ1v) is 8.35. The Morgan fingerprint density at radius 2 is 1.62 bits per heavy atom. The first-order chi connectivity index (χ1) is 12.5. The topological polar surface area (TPSA) is 60.0 Å². The third-order valence-corrected chi connectivity index (χ3v) is 4.28. The molecule has 0 bridgehead atoms. The number of likely N-dealkylation sites (N-methyl/N-ethyl adjacent to an activating group) is 1. The Hall–Kier alpha value is -2.73. The highest BCUT2D eigenvalue weighted by Crippen LogP contribution is 2.39. The summed E-state index contributed by atoms with van der Waals surface area (Å²) < 4.78 is 15.9. The number of amides is 1. The molecule has 0 spiro atoms. The van der Waals surface area contributed by atoms with E-state index in [0.29, 0.717) is 22.9 Å². The molecule has 2 aromatic carbocycles. The number of hydrogen-bond acceptors (Lipinski definition) is 5. The van der Waals surface area contributed by atoms with Gasteiger partial charge in [-0.05, 0) is 19.5 Å². The van der Waals surface area contributed by atoms with E-state index < -0.39 is 0 Å². The molecule has 140 valence electrons. The zero-order valence-corrected chi connectivity index (χ0v) is 15.9. The van der Waals surface area contributed by atoms with Crippen molar-refractivity contribution in [1.29, 1.82) is 0 Å². The fourth-order valence-electron chi connectivity index (χ4n) is 2.70. The standard InChI is InChI=1S/C20H26N2O4/c1-14(15-9-7-6-8-10-15)22(2)13-19(23)21-16-11-17(24-3)20(26-5)18(12-16)25-4/h6-12,14H,13H2,1-5H3,(H,21,23). The highest BCUT2D eigenvalue weighted by molar-refractivity contribution is 5.93. The van der Waals surface area contributed by atoms with E-state index in [9.17, 15) is 4.79 Å². The maximum Gasteiger partial charge on any atom is 0.238 e. The number of methoxy groups -OCH3 is 3. The van der Waals surface area contributed by atoms with Crippen molar-refractivity contribution in [3.05, 3.63) is 48.0 Å². The van der Waals surface area contributed by atoms with Gasteiger partial charge < -0.3 is 19.5 Å². The zero-order valence-electron chi connectivity index (χ0n) is 15.9. The van der Waals surface area contributed by atoms with Gasteiger partial charge in [0, 0.05) is 23.9 Å². The van der Waals surface area contributed by atoms with Crippen LogP contribution in [0.5, 0.6) is 17.2 Å². The van der Waals surface area contributed by atoms with Gasteiger partial charge in [-0.25, -0.2) is 0 Å². The number of nitrogens with zero attached hydrogens (tertiary/aromatic N) is 1. The minimum absolute atomic E-state index is 0.121. The number of carbonyl (C=O) groups excluding carboxylic acids is 1. The van der Waals surface area contributed by atoms with Crippen LogP contribution in [-0.2, 0) is 4.79 Å². The lowest BCUT2D eigenvalue weighted by molar-refractivity contribution is -0.117. The minimum Gasteiger partial charge on any atom is -0.493 e. The quantitative estimate of drug-likeness (QED) is 0.784. The normalized spacial score (nSPS) is 11.8. The molecule has 0 aliphatic carbocycles. The molecule has 6 nitrogen and oxygen atoms in total. The second-order valence-corrected chi connectivity index (χ2v) is 5.96. The molecular weight excluding hydrogens is 332 g/mol. The summed E-state index contributed by atoms with van der Waals surface area (Å²) in [5.41, 5.74) is 1.75. The molecule has 1 N–H and O–H groups in total. The maximum absolute atomic E-state index is 12.4. The molecule has 1 unspecified atom stereocenters. The molecule has 0 aliphatic rings. The van der Waals surface area contributed by atoms with Gasteiger partial charge in [0.05, 0.1) is 27.9 Å². The summed E-state index contributed by atoms with van der Waals surface area (Å²) >= 11 is 0. The minimum atomic E-state index is -0.121. The third-order valence-electron chi connectivity index (χ3n) is 4.28. The second-order valence-electron chi connectivity index (χ2n) is 5.96. The fourth-order valence-corrected chi connectivity index (χ4v) is 2.70. The van der Waals surface area contributed by atoms with Crippen LogP contribution >= 0.6 is 0 Å². The first kappa shape index (κ1) is 19.6. The Bertz CT molecular complexity index is 709. The van der Waals surface area contributed by atoms with Crippen LogP contribution in [0.3, 0.4) is 0 Å². The summed E-state index contributed by atoms with van der Waals surface area (Å²) in [4.78, 5) is 14.4. The van der Waals surface area contributed by atoms with Gasteiger partial charge in [-0.3, -0.25) is 9.69 Å². The van der Waals surface area contributed by atoms with Gasteiger partial charge >= 0.3 is 0 Å². The van der Waals surface area contributed by atoms with Crippen molar-refractivity contribution in [1.82, 2.24) is 4.90 Å². The van der Waals surface area contributed by atoms with Crippen molar-refractivity contribution < 1.29 is 19.0 Å². The van der Waals surface area contributed by atoms with Gasteiger partial charge in [-0.15, -0.1) is 0 Å². The van der Waals surface area contributed by atoms with E-state index in [1.165, 1.54) is 14.2 Å². The van der Waals surface area contributed by atoms with E-state index in [-0.39, 0.29) is 18.5 Å². The Morgan fingerprint density at radius 3 is 2.12 bits per heavy atom. The molecule has 0 saturated heterocycles. The number of benzene rings is 2. The summed E-state index contributed by atoms with van der Waals surface area (Å²) in [6, 6.07) is 13.6. The van der Waals surface area contributed by atoms with Crippen LogP contribution in [0.4, 0.5) is 5.69 Å². The van der Waals surface area contributed by atoms with Crippen LogP contribution in [0.15, 0.2) is 42.5 Å². The van der Waals surface area contributed by atoms with Crippen molar-refractivity contribution in [3.8, 4) is 17.2 Å². The largest absolute Gasteiger partial charge is 0.493 e. The van der Waals surface area contributed by atoms with E-state index in [2.05, 4.69) is 24.4 Å². The number of hydrogen-bond donors (Lipinski definition) is 1. The molecule has 0 aliphatic heterocycles. The van der Waals surface area contributed by atoms with Gasteiger partial charge in [0.25, 0.3) is 0 Å². The molecule has 0 aromatic heterocycles. The van der Waals surface area contributed by atoms with Crippen LogP contribution < -0.4 is 19.5 Å². The fraction of sp³-hybridized carbons (Fsp3) is 0.350. The van der Waals surface area contributed by atoms with Crippen molar-refractivity contribution in [2.75, 3.05) is 40.2 Å². The van der Waals surface area contributed by atoms with Crippen LogP contribution in [0, 0.1) is 0 Å². The third kappa shape index (κ3) is 4.67. The zero-order chi connectivity index (χ0) is 19.1. The van der Waals surface area contributed by atoms with Crippen molar-refractivity contribution in [2.24, 2.45) is 0 Å². The van der Waals surface area contributed by atoms with Crippen LogP contribution in [-0.4, -0.2) is 45.7 Å². The van der Waals surface area contributed by atoms with E-state index in [4.69, 9.17) is 14.2 Å². The molecular formula is C20H26N2O4. The number of carbonyl (C=O) groups is 1. The average molecular weight is 358 g/mol. The van der Waals surface area contributed by atoms with Gasteiger partial charge in [0.2, 0.25) is 11.7 Å². The molecule has 6 heteroatoms.